The van der Waals surface area contributed by atoms with Gasteiger partial charge >= 0.3 is 0 Å². The van der Waals surface area contributed by atoms with Gasteiger partial charge in [0.15, 0.2) is 0 Å². The summed E-state index contributed by atoms with van der Waals surface area (Å²) in [4.78, 5) is 11.9. The molecule has 0 aliphatic heterocycles. The molecule has 0 heterocycles. The molecule has 3 nitrogen and oxygen atoms in total. The zero-order valence-electron chi connectivity index (χ0n) is 9.86. The summed E-state index contributed by atoms with van der Waals surface area (Å²) in [7, 11) is 0. The van der Waals surface area contributed by atoms with Crippen molar-refractivity contribution in [3.8, 4) is 5.75 Å². The predicted molar refractivity (Wildman–Crippen MR) is 72.0 cm³/mol. The van der Waals surface area contributed by atoms with E-state index >= 15 is 0 Å². The lowest BCUT2D eigenvalue weighted by Gasteiger charge is -2.07. The Kier molecular flexibility index (Phi) is 4.02. The van der Waals surface area contributed by atoms with Crippen molar-refractivity contribution in [2.24, 2.45) is 0 Å². The molecule has 0 radical (unpaired) electrons. The van der Waals surface area contributed by atoms with Crippen molar-refractivity contribution < 1.29 is 14.3 Å². The quantitative estimate of drug-likeness (QED) is 0.845. The van der Waals surface area contributed by atoms with Gasteiger partial charge in [0.05, 0.1) is 5.56 Å². The molecular formula is C14H11ClFNO2. The van der Waals surface area contributed by atoms with Crippen LogP contribution in [0.4, 0.5) is 10.1 Å². The minimum absolute atomic E-state index is 0.130. The van der Waals surface area contributed by atoms with Crippen molar-refractivity contribution in [3.63, 3.8) is 0 Å². The average Bonchev–Trinajstić information content (AvgIpc) is 2.38. The fourth-order valence-electron chi connectivity index (χ4n) is 1.62. The molecule has 0 aromatic heterocycles. The average molecular weight is 280 g/mol. The van der Waals surface area contributed by atoms with E-state index in [-0.39, 0.29) is 11.3 Å². The Hall–Kier alpha value is -2.07. The second-order valence-electron chi connectivity index (χ2n) is 3.95. The summed E-state index contributed by atoms with van der Waals surface area (Å²) in [5.41, 5.74) is 1.26. The minimum atomic E-state index is -0.772. The molecule has 1 amide bonds. The number of anilines is 1. The first-order valence-corrected chi connectivity index (χ1v) is 6.08. The molecule has 0 aliphatic carbocycles. The van der Waals surface area contributed by atoms with Crippen LogP contribution in [0.25, 0.3) is 0 Å². The van der Waals surface area contributed by atoms with Gasteiger partial charge in [0.2, 0.25) is 0 Å². The largest absolute Gasteiger partial charge is 0.508 e. The molecule has 0 bridgehead atoms. The molecule has 98 valence electrons. The third kappa shape index (κ3) is 3.23. The highest BCUT2D eigenvalue weighted by atomic mass is 35.5. The number of carbonyl (C=O) groups is 1. The number of phenolic OH excluding ortho intramolecular Hbond substituents is 1. The Morgan fingerprint density at radius 1 is 1.26 bits per heavy atom. The van der Waals surface area contributed by atoms with Crippen LogP contribution in [0.2, 0.25) is 0 Å². The van der Waals surface area contributed by atoms with E-state index < -0.39 is 11.7 Å². The topological polar surface area (TPSA) is 49.3 Å². The van der Waals surface area contributed by atoms with Crippen molar-refractivity contribution in [2.75, 3.05) is 5.32 Å². The smallest absolute Gasteiger partial charge is 0.258 e. The Morgan fingerprint density at radius 2 is 2.05 bits per heavy atom. The van der Waals surface area contributed by atoms with Gasteiger partial charge in [-0.3, -0.25) is 4.79 Å². The molecule has 2 N–H and O–H groups in total. The number of carbonyl (C=O) groups excluding carboxylic acids is 1. The van der Waals surface area contributed by atoms with E-state index in [4.69, 9.17) is 16.7 Å². The third-order valence-corrected chi connectivity index (χ3v) is 2.85. The second kappa shape index (κ2) is 5.71. The van der Waals surface area contributed by atoms with Crippen LogP contribution in [0.5, 0.6) is 5.75 Å². The van der Waals surface area contributed by atoms with Crippen LogP contribution >= 0.6 is 11.6 Å². The molecule has 0 aliphatic rings. The van der Waals surface area contributed by atoms with E-state index in [0.29, 0.717) is 11.6 Å². The number of hydrogen-bond donors (Lipinski definition) is 2. The monoisotopic (exact) mass is 279 g/mol. The molecule has 19 heavy (non-hydrogen) atoms. The summed E-state index contributed by atoms with van der Waals surface area (Å²) in [6.45, 7) is 0. The number of rotatable bonds is 3. The van der Waals surface area contributed by atoms with E-state index in [1.807, 2.05) is 6.07 Å². The summed E-state index contributed by atoms with van der Waals surface area (Å²) < 4.78 is 13.5. The maximum atomic E-state index is 13.5. The van der Waals surface area contributed by atoms with Gasteiger partial charge in [0.1, 0.15) is 11.6 Å². The number of halogens is 2. The van der Waals surface area contributed by atoms with Crippen LogP contribution in [0.1, 0.15) is 15.9 Å². The molecule has 0 unspecified atom stereocenters. The summed E-state index contributed by atoms with van der Waals surface area (Å²) >= 11 is 5.69. The third-order valence-electron chi connectivity index (χ3n) is 2.54. The molecule has 2 rings (SSSR count). The normalized spacial score (nSPS) is 10.2. The summed E-state index contributed by atoms with van der Waals surface area (Å²) in [5.74, 6) is -1.24. The van der Waals surface area contributed by atoms with Crippen molar-refractivity contribution in [1.82, 2.24) is 0 Å². The van der Waals surface area contributed by atoms with E-state index in [1.165, 1.54) is 12.1 Å². The van der Waals surface area contributed by atoms with E-state index in [0.717, 1.165) is 11.6 Å². The predicted octanol–water partition coefficient (Wildman–Crippen LogP) is 3.52. The van der Waals surface area contributed by atoms with Crippen molar-refractivity contribution in [2.45, 2.75) is 5.88 Å². The zero-order chi connectivity index (χ0) is 13.8. The molecule has 5 heteroatoms. The number of nitrogens with one attached hydrogen (secondary N) is 1. The van der Waals surface area contributed by atoms with Crippen LogP contribution in [0, 0.1) is 5.82 Å². The number of benzene rings is 2. The highest BCUT2D eigenvalue weighted by Gasteiger charge is 2.12. The van der Waals surface area contributed by atoms with Crippen LogP contribution in [0.3, 0.4) is 0 Å². The number of phenols is 1. The van der Waals surface area contributed by atoms with Gasteiger partial charge in [-0.25, -0.2) is 4.39 Å². The van der Waals surface area contributed by atoms with Crippen LogP contribution in [0.15, 0.2) is 42.5 Å². The lowest BCUT2D eigenvalue weighted by molar-refractivity contribution is 0.102. The van der Waals surface area contributed by atoms with E-state index in [1.54, 1.807) is 18.2 Å². The Morgan fingerprint density at radius 3 is 2.74 bits per heavy atom. The van der Waals surface area contributed by atoms with Crippen molar-refractivity contribution >= 4 is 23.2 Å². The van der Waals surface area contributed by atoms with Crippen LogP contribution in [-0.4, -0.2) is 11.0 Å². The molecule has 2 aromatic rings. The summed E-state index contributed by atoms with van der Waals surface area (Å²) in [6.07, 6.45) is 0. The number of alkyl halides is 1. The minimum Gasteiger partial charge on any atom is -0.508 e. The van der Waals surface area contributed by atoms with Gasteiger partial charge in [0.25, 0.3) is 5.91 Å². The molecular weight excluding hydrogens is 269 g/mol. The number of amides is 1. The zero-order valence-corrected chi connectivity index (χ0v) is 10.6. The molecule has 0 spiro atoms. The van der Waals surface area contributed by atoms with Crippen molar-refractivity contribution in [1.29, 1.82) is 0 Å². The maximum absolute atomic E-state index is 13.5. The van der Waals surface area contributed by atoms with Gasteiger partial charge in [-0.1, -0.05) is 12.1 Å². The molecule has 2 aromatic carbocycles. The van der Waals surface area contributed by atoms with Crippen LogP contribution < -0.4 is 5.32 Å². The lowest BCUT2D eigenvalue weighted by atomic mass is 10.1. The Balaban J connectivity index is 2.20. The first-order chi connectivity index (χ1) is 9.10. The van der Waals surface area contributed by atoms with Gasteiger partial charge in [0, 0.05) is 17.6 Å². The lowest BCUT2D eigenvalue weighted by Crippen LogP contribution is -2.13. The van der Waals surface area contributed by atoms with Crippen molar-refractivity contribution in [3.05, 3.63) is 59.4 Å². The molecule has 0 fully saturated rings. The fraction of sp³-hybridized carbons (Fsp3) is 0.0714. The van der Waals surface area contributed by atoms with Gasteiger partial charge in [-0.05, 0) is 29.8 Å². The molecule has 0 saturated carbocycles. The van der Waals surface area contributed by atoms with Gasteiger partial charge in [-0.2, -0.15) is 0 Å². The maximum Gasteiger partial charge on any atom is 0.258 e. The number of aromatic hydroxyl groups is 1. The summed E-state index contributed by atoms with van der Waals surface area (Å²) in [5, 5.41) is 11.7. The van der Waals surface area contributed by atoms with Gasteiger partial charge < -0.3 is 10.4 Å². The van der Waals surface area contributed by atoms with Crippen LogP contribution in [-0.2, 0) is 5.88 Å². The highest BCUT2D eigenvalue weighted by Crippen LogP contribution is 2.18. The molecule has 0 atom stereocenters. The second-order valence-corrected chi connectivity index (χ2v) is 4.22. The Labute approximate surface area is 114 Å². The standard InChI is InChI=1S/C14H11ClFNO2/c15-8-9-2-1-3-10(6-9)17-14(19)12-5-4-11(18)7-13(12)16/h1-7,18H,8H2,(H,17,19). The first-order valence-electron chi connectivity index (χ1n) is 5.55. The SMILES string of the molecule is O=C(Nc1cccc(CCl)c1)c1ccc(O)cc1F. The first kappa shape index (κ1) is 13.4. The fourth-order valence-corrected chi connectivity index (χ4v) is 1.79. The highest BCUT2D eigenvalue weighted by molar-refractivity contribution is 6.17. The Bertz CT molecular complexity index is 616. The molecule has 0 saturated heterocycles. The van der Waals surface area contributed by atoms with Gasteiger partial charge in [-0.15, -0.1) is 11.6 Å². The van der Waals surface area contributed by atoms with E-state index in [2.05, 4.69) is 5.32 Å². The summed E-state index contributed by atoms with van der Waals surface area (Å²) in [6, 6.07) is 10.3. The van der Waals surface area contributed by atoms with E-state index in [9.17, 15) is 9.18 Å². The number of hydrogen-bond acceptors (Lipinski definition) is 2.